The first-order valence-corrected chi connectivity index (χ1v) is 10.9. The number of hydrogen-bond donors (Lipinski definition) is 1. The van der Waals surface area contributed by atoms with Gasteiger partial charge in [0, 0.05) is 36.9 Å². The monoisotopic (exact) mass is 434 g/mol. The number of aromatic nitrogens is 2. The first-order valence-electron chi connectivity index (χ1n) is 10.9. The first kappa shape index (κ1) is 22.0. The molecule has 1 fully saturated rings. The lowest BCUT2D eigenvalue weighted by molar-refractivity contribution is -0.00923. The summed E-state index contributed by atoms with van der Waals surface area (Å²) in [5.41, 5.74) is 2.65. The van der Waals surface area contributed by atoms with Gasteiger partial charge in [0.15, 0.2) is 0 Å². The van der Waals surface area contributed by atoms with Crippen molar-refractivity contribution in [2.24, 2.45) is 0 Å². The van der Waals surface area contributed by atoms with E-state index in [4.69, 9.17) is 14.6 Å². The maximum atomic E-state index is 13.3. The fraction of sp³-hybridized carbons (Fsp3) is 0.360. The van der Waals surface area contributed by atoms with E-state index in [0.717, 1.165) is 37.6 Å². The number of amides is 1. The molecule has 2 heterocycles. The van der Waals surface area contributed by atoms with E-state index in [2.05, 4.69) is 24.1 Å². The standard InChI is InChI=1S/C25H30N4O3/c1-25(2,28-13-15-32-16-14-28)18-26-24(30)20-17-29(21-11-7-8-12-22(21)31-3)27-23(20)19-9-5-4-6-10-19/h4-12,17H,13-16,18H2,1-3H3,(H,26,30). The second-order valence-electron chi connectivity index (χ2n) is 8.47. The van der Waals surface area contributed by atoms with Gasteiger partial charge in [-0.2, -0.15) is 5.10 Å². The first-order chi connectivity index (χ1) is 15.5. The summed E-state index contributed by atoms with van der Waals surface area (Å²) >= 11 is 0. The van der Waals surface area contributed by atoms with Gasteiger partial charge in [-0.15, -0.1) is 0 Å². The minimum Gasteiger partial charge on any atom is -0.494 e. The highest BCUT2D eigenvalue weighted by Gasteiger charge is 2.29. The van der Waals surface area contributed by atoms with Crippen molar-refractivity contribution in [1.29, 1.82) is 0 Å². The van der Waals surface area contributed by atoms with Crippen LogP contribution < -0.4 is 10.1 Å². The van der Waals surface area contributed by atoms with Crippen molar-refractivity contribution in [3.63, 3.8) is 0 Å². The van der Waals surface area contributed by atoms with Gasteiger partial charge in [0.05, 0.1) is 25.9 Å². The summed E-state index contributed by atoms with van der Waals surface area (Å²) in [7, 11) is 1.63. The number of hydrogen-bond acceptors (Lipinski definition) is 5. The molecule has 168 valence electrons. The zero-order valence-corrected chi connectivity index (χ0v) is 18.9. The number of morpholine rings is 1. The predicted molar refractivity (Wildman–Crippen MR) is 124 cm³/mol. The van der Waals surface area contributed by atoms with Crippen LogP contribution >= 0.6 is 0 Å². The lowest BCUT2D eigenvalue weighted by Crippen LogP contribution is -2.55. The van der Waals surface area contributed by atoms with E-state index in [1.54, 1.807) is 18.0 Å². The molecule has 0 saturated carbocycles. The Balaban J connectivity index is 1.63. The third-order valence-corrected chi connectivity index (χ3v) is 5.89. The summed E-state index contributed by atoms with van der Waals surface area (Å²) < 4.78 is 12.7. The average Bonchev–Trinajstić information content (AvgIpc) is 3.29. The Hall–Kier alpha value is -3.16. The van der Waals surface area contributed by atoms with E-state index in [1.807, 2.05) is 54.6 Å². The predicted octanol–water partition coefficient (Wildman–Crippen LogP) is 3.39. The average molecular weight is 435 g/mol. The maximum absolute atomic E-state index is 13.3. The van der Waals surface area contributed by atoms with Crippen LogP contribution in [0.1, 0.15) is 24.2 Å². The van der Waals surface area contributed by atoms with Gasteiger partial charge < -0.3 is 14.8 Å². The number of para-hydroxylation sites is 2. The van der Waals surface area contributed by atoms with Crippen LogP contribution in [0, 0.1) is 0 Å². The summed E-state index contributed by atoms with van der Waals surface area (Å²) in [6.07, 6.45) is 1.78. The van der Waals surface area contributed by atoms with Crippen molar-refractivity contribution >= 4 is 5.91 Å². The van der Waals surface area contributed by atoms with Crippen molar-refractivity contribution < 1.29 is 14.3 Å². The maximum Gasteiger partial charge on any atom is 0.255 e. The third kappa shape index (κ3) is 4.69. The minimum atomic E-state index is -0.176. The number of rotatable bonds is 7. The van der Waals surface area contributed by atoms with Crippen molar-refractivity contribution in [2.75, 3.05) is 40.0 Å². The van der Waals surface area contributed by atoms with E-state index in [9.17, 15) is 4.79 Å². The Labute approximate surface area is 188 Å². The molecule has 1 N–H and O–H groups in total. The molecular weight excluding hydrogens is 404 g/mol. The number of carbonyl (C=O) groups is 1. The van der Waals surface area contributed by atoms with Gasteiger partial charge >= 0.3 is 0 Å². The molecule has 0 bridgehead atoms. The summed E-state index contributed by atoms with van der Waals surface area (Å²) in [4.78, 5) is 15.7. The van der Waals surface area contributed by atoms with E-state index < -0.39 is 0 Å². The molecule has 1 aliphatic rings. The van der Waals surface area contributed by atoms with Crippen molar-refractivity contribution in [2.45, 2.75) is 19.4 Å². The molecule has 0 radical (unpaired) electrons. The number of nitrogens with zero attached hydrogens (tertiary/aromatic N) is 3. The van der Waals surface area contributed by atoms with Crippen LogP contribution in [-0.4, -0.2) is 66.1 Å². The van der Waals surface area contributed by atoms with Crippen LogP contribution in [0.2, 0.25) is 0 Å². The Morgan fingerprint density at radius 2 is 1.78 bits per heavy atom. The normalized spacial score (nSPS) is 14.8. The van der Waals surface area contributed by atoms with Crippen LogP contribution in [-0.2, 0) is 4.74 Å². The van der Waals surface area contributed by atoms with Crippen LogP contribution in [0.5, 0.6) is 5.75 Å². The van der Waals surface area contributed by atoms with Crippen LogP contribution in [0.3, 0.4) is 0 Å². The highest BCUT2D eigenvalue weighted by Crippen LogP contribution is 2.27. The molecule has 0 spiro atoms. The zero-order chi connectivity index (χ0) is 22.6. The van der Waals surface area contributed by atoms with Crippen LogP contribution in [0.15, 0.2) is 60.8 Å². The van der Waals surface area contributed by atoms with Crippen LogP contribution in [0.25, 0.3) is 16.9 Å². The van der Waals surface area contributed by atoms with Gasteiger partial charge in [-0.25, -0.2) is 4.68 Å². The molecule has 7 heteroatoms. The second kappa shape index (κ2) is 9.54. The van der Waals surface area contributed by atoms with Gasteiger partial charge in [-0.1, -0.05) is 42.5 Å². The Bertz CT molecular complexity index is 1060. The number of ether oxygens (including phenoxy) is 2. The summed E-state index contributed by atoms with van der Waals surface area (Å²) in [5, 5.41) is 7.90. The Morgan fingerprint density at radius 3 is 2.50 bits per heavy atom. The third-order valence-electron chi connectivity index (χ3n) is 5.89. The summed E-state index contributed by atoms with van der Waals surface area (Å²) in [6.45, 7) is 8.00. The Kier molecular flexibility index (Phi) is 6.58. The Morgan fingerprint density at radius 1 is 1.09 bits per heavy atom. The molecule has 2 aromatic carbocycles. The quantitative estimate of drug-likeness (QED) is 0.617. The molecular formula is C25H30N4O3. The van der Waals surface area contributed by atoms with Gasteiger partial charge in [-0.05, 0) is 26.0 Å². The van der Waals surface area contributed by atoms with Gasteiger partial charge in [-0.3, -0.25) is 9.69 Å². The lowest BCUT2D eigenvalue weighted by Gasteiger charge is -2.40. The minimum absolute atomic E-state index is 0.147. The second-order valence-corrected chi connectivity index (χ2v) is 8.47. The topological polar surface area (TPSA) is 68.6 Å². The van der Waals surface area contributed by atoms with Gasteiger partial charge in [0.25, 0.3) is 5.91 Å². The fourth-order valence-electron chi connectivity index (χ4n) is 3.96. The number of methoxy groups -OCH3 is 1. The molecule has 7 nitrogen and oxygen atoms in total. The van der Waals surface area contributed by atoms with Gasteiger partial charge in [0.1, 0.15) is 17.1 Å². The zero-order valence-electron chi connectivity index (χ0n) is 18.9. The van der Waals surface area contributed by atoms with E-state index in [-0.39, 0.29) is 11.4 Å². The molecule has 0 atom stereocenters. The molecule has 4 rings (SSSR count). The number of nitrogens with one attached hydrogen (secondary N) is 1. The summed E-state index contributed by atoms with van der Waals surface area (Å²) in [5.74, 6) is 0.543. The van der Waals surface area contributed by atoms with E-state index in [1.165, 1.54) is 0 Å². The molecule has 1 aromatic heterocycles. The molecule has 1 aliphatic heterocycles. The largest absolute Gasteiger partial charge is 0.494 e. The van der Waals surface area contributed by atoms with Crippen molar-refractivity contribution in [1.82, 2.24) is 20.0 Å². The van der Waals surface area contributed by atoms with Gasteiger partial charge in [0.2, 0.25) is 0 Å². The molecule has 0 aliphatic carbocycles. The van der Waals surface area contributed by atoms with Crippen molar-refractivity contribution in [3.8, 4) is 22.7 Å². The smallest absolute Gasteiger partial charge is 0.255 e. The molecule has 1 saturated heterocycles. The molecule has 32 heavy (non-hydrogen) atoms. The van der Waals surface area contributed by atoms with Crippen molar-refractivity contribution in [3.05, 3.63) is 66.4 Å². The fourth-order valence-corrected chi connectivity index (χ4v) is 3.96. The lowest BCUT2D eigenvalue weighted by atomic mass is 10.0. The highest BCUT2D eigenvalue weighted by molar-refractivity contribution is 6.00. The highest BCUT2D eigenvalue weighted by atomic mass is 16.5. The molecule has 1 amide bonds. The van der Waals surface area contributed by atoms with Crippen LogP contribution in [0.4, 0.5) is 0 Å². The summed E-state index contributed by atoms with van der Waals surface area (Å²) in [6, 6.07) is 17.4. The SMILES string of the molecule is COc1ccccc1-n1cc(C(=O)NCC(C)(C)N2CCOCC2)c(-c2ccccc2)n1. The molecule has 0 unspecified atom stereocenters. The van der Waals surface area contributed by atoms with E-state index >= 15 is 0 Å². The van der Waals surface area contributed by atoms with E-state index in [0.29, 0.717) is 23.6 Å². The number of benzene rings is 2. The number of carbonyl (C=O) groups excluding carboxylic acids is 1. The molecule has 3 aromatic rings.